The molecule has 0 amide bonds. The van der Waals surface area contributed by atoms with Crippen LogP contribution in [0.15, 0.2) is 0 Å². The van der Waals surface area contributed by atoms with Crippen molar-refractivity contribution in [3.8, 4) is 5.75 Å². The van der Waals surface area contributed by atoms with Gasteiger partial charge in [0.15, 0.2) is 5.75 Å². The third-order valence-electron chi connectivity index (χ3n) is 2.79. The zero-order chi connectivity index (χ0) is 12.0. The monoisotopic (exact) mass is 224 g/mol. The summed E-state index contributed by atoms with van der Waals surface area (Å²) in [5.74, 6) is 0.448. The summed E-state index contributed by atoms with van der Waals surface area (Å²) in [6.45, 7) is 7.34. The predicted molar refractivity (Wildman–Crippen MR) is 66.8 cm³/mol. The van der Waals surface area contributed by atoms with Gasteiger partial charge < -0.3 is 5.11 Å². The van der Waals surface area contributed by atoms with Crippen LogP contribution in [0.2, 0.25) is 0 Å². The van der Waals surface area contributed by atoms with E-state index in [-0.39, 0.29) is 0 Å². The molecule has 0 aliphatic heterocycles. The van der Waals surface area contributed by atoms with Crippen molar-refractivity contribution in [3.05, 3.63) is 11.4 Å². The Bertz CT molecular complexity index is 318. The highest BCUT2D eigenvalue weighted by Crippen LogP contribution is 2.25. The van der Waals surface area contributed by atoms with Crippen LogP contribution in [0.1, 0.15) is 57.8 Å². The number of aryl methyl sites for hydroxylation is 2. The summed E-state index contributed by atoms with van der Waals surface area (Å²) in [5.41, 5.74) is 1.91. The van der Waals surface area contributed by atoms with E-state index in [9.17, 15) is 5.11 Å². The molecule has 0 aliphatic rings. The largest absolute Gasteiger partial charge is 0.504 e. The molecule has 0 unspecified atom stereocenters. The fourth-order valence-corrected chi connectivity index (χ4v) is 1.94. The van der Waals surface area contributed by atoms with Crippen LogP contribution in [-0.2, 0) is 19.4 Å². The van der Waals surface area contributed by atoms with E-state index >= 15 is 0 Å². The molecule has 0 saturated heterocycles. The number of unbranched alkanes of at least 4 members (excludes halogenated alkanes) is 1. The fraction of sp³-hybridized carbons (Fsp3) is 0.769. The fourth-order valence-electron chi connectivity index (χ4n) is 1.94. The van der Waals surface area contributed by atoms with Gasteiger partial charge in [-0.2, -0.15) is 5.10 Å². The smallest absolute Gasteiger partial charge is 0.160 e. The van der Waals surface area contributed by atoms with E-state index in [0.717, 1.165) is 56.5 Å². The molecule has 1 aromatic rings. The summed E-state index contributed by atoms with van der Waals surface area (Å²) in [7, 11) is 0. The minimum absolute atomic E-state index is 0.448. The summed E-state index contributed by atoms with van der Waals surface area (Å²) in [5, 5.41) is 14.6. The Balaban J connectivity index is 2.88. The van der Waals surface area contributed by atoms with Gasteiger partial charge in [-0.05, 0) is 25.7 Å². The molecule has 1 rings (SSSR count). The Morgan fingerprint density at radius 1 is 1.06 bits per heavy atom. The van der Waals surface area contributed by atoms with Gasteiger partial charge >= 0.3 is 0 Å². The van der Waals surface area contributed by atoms with Gasteiger partial charge in [-0.25, -0.2) is 0 Å². The van der Waals surface area contributed by atoms with Crippen LogP contribution in [0.4, 0.5) is 0 Å². The molecule has 16 heavy (non-hydrogen) atoms. The van der Waals surface area contributed by atoms with Crippen LogP contribution in [0.25, 0.3) is 0 Å². The van der Waals surface area contributed by atoms with Gasteiger partial charge in [0.1, 0.15) is 5.69 Å². The number of aromatic hydroxyl groups is 1. The molecule has 1 N–H and O–H groups in total. The molecule has 0 aromatic carbocycles. The summed E-state index contributed by atoms with van der Waals surface area (Å²) >= 11 is 0. The first-order chi connectivity index (χ1) is 7.74. The Kier molecular flexibility index (Phi) is 5.36. The van der Waals surface area contributed by atoms with Gasteiger partial charge in [0.2, 0.25) is 0 Å². The molecule has 1 heterocycles. The van der Waals surface area contributed by atoms with Crippen molar-refractivity contribution in [1.82, 2.24) is 9.78 Å². The van der Waals surface area contributed by atoms with E-state index in [0.29, 0.717) is 5.75 Å². The zero-order valence-electron chi connectivity index (χ0n) is 10.8. The van der Waals surface area contributed by atoms with Crippen LogP contribution >= 0.6 is 0 Å². The van der Waals surface area contributed by atoms with E-state index in [1.165, 1.54) is 0 Å². The highest BCUT2D eigenvalue weighted by Gasteiger charge is 2.15. The van der Waals surface area contributed by atoms with Crippen LogP contribution in [0.5, 0.6) is 5.75 Å². The molecule has 0 bridgehead atoms. The predicted octanol–water partition coefficient (Wildman–Crippen LogP) is 3.29. The summed E-state index contributed by atoms with van der Waals surface area (Å²) in [6.07, 6.45) is 6.17. The first-order valence-electron chi connectivity index (χ1n) is 6.52. The standard InChI is InChI=1S/C13H24N2O/c1-4-7-9-11-13(16)12(8-5-2)15(14-11)10-6-3/h16H,4-10H2,1-3H3. The van der Waals surface area contributed by atoms with Gasteiger partial charge in [0.25, 0.3) is 0 Å². The lowest BCUT2D eigenvalue weighted by Crippen LogP contribution is -2.04. The molecule has 0 atom stereocenters. The third-order valence-corrected chi connectivity index (χ3v) is 2.79. The van der Waals surface area contributed by atoms with E-state index < -0.39 is 0 Å². The zero-order valence-corrected chi connectivity index (χ0v) is 10.8. The number of rotatable bonds is 7. The molecular weight excluding hydrogens is 200 g/mol. The molecule has 92 valence electrons. The maximum absolute atomic E-state index is 10.1. The van der Waals surface area contributed by atoms with Crippen molar-refractivity contribution in [2.75, 3.05) is 0 Å². The Morgan fingerprint density at radius 3 is 2.38 bits per heavy atom. The molecule has 3 heteroatoms. The first kappa shape index (κ1) is 13.1. The number of hydrogen-bond donors (Lipinski definition) is 1. The minimum Gasteiger partial charge on any atom is -0.504 e. The number of aromatic nitrogens is 2. The summed E-state index contributed by atoms with van der Waals surface area (Å²) < 4.78 is 1.99. The third kappa shape index (κ3) is 3.00. The quantitative estimate of drug-likeness (QED) is 0.771. The van der Waals surface area contributed by atoms with Gasteiger partial charge in [0.05, 0.1) is 5.69 Å². The molecule has 0 saturated carbocycles. The second-order valence-electron chi connectivity index (χ2n) is 4.32. The Labute approximate surface area is 98.5 Å². The maximum atomic E-state index is 10.1. The molecule has 0 aliphatic carbocycles. The molecule has 0 radical (unpaired) electrons. The molecule has 0 fully saturated rings. The lowest BCUT2D eigenvalue weighted by molar-refractivity contribution is 0.455. The van der Waals surface area contributed by atoms with E-state index in [1.807, 2.05) is 4.68 Å². The highest BCUT2D eigenvalue weighted by molar-refractivity contribution is 5.32. The second kappa shape index (κ2) is 6.56. The maximum Gasteiger partial charge on any atom is 0.160 e. The SMILES string of the molecule is CCCCc1nn(CCC)c(CCC)c1O. The highest BCUT2D eigenvalue weighted by atomic mass is 16.3. The van der Waals surface area contributed by atoms with Crippen LogP contribution in [0, 0.1) is 0 Å². The van der Waals surface area contributed by atoms with Gasteiger partial charge in [-0.15, -0.1) is 0 Å². The Morgan fingerprint density at radius 2 is 1.81 bits per heavy atom. The van der Waals surface area contributed by atoms with E-state index in [2.05, 4.69) is 25.9 Å². The molecular formula is C13H24N2O. The molecule has 0 spiro atoms. The first-order valence-corrected chi connectivity index (χ1v) is 6.52. The lowest BCUT2D eigenvalue weighted by atomic mass is 10.1. The van der Waals surface area contributed by atoms with Crippen LogP contribution in [0.3, 0.4) is 0 Å². The van der Waals surface area contributed by atoms with E-state index in [1.54, 1.807) is 0 Å². The average molecular weight is 224 g/mol. The summed E-state index contributed by atoms with van der Waals surface area (Å²) in [4.78, 5) is 0. The van der Waals surface area contributed by atoms with E-state index in [4.69, 9.17) is 0 Å². The van der Waals surface area contributed by atoms with Crippen molar-refractivity contribution in [1.29, 1.82) is 0 Å². The summed E-state index contributed by atoms with van der Waals surface area (Å²) in [6, 6.07) is 0. The molecule has 1 aromatic heterocycles. The van der Waals surface area contributed by atoms with Crippen molar-refractivity contribution < 1.29 is 5.11 Å². The average Bonchev–Trinajstić information content (AvgIpc) is 2.56. The van der Waals surface area contributed by atoms with Gasteiger partial charge in [0, 0.05) is 6.54 Å². The lowest BCUT2D eigenvalue weighted by Gasteiger charge is -2.04. The van der Waals surface area contributed by atoms with Gasteiger partial charge in [-0.1, -0.05) is 33.6 Å². The van der Waals surface area contributed by atoms with Gasteiger partial charge in [-0.3, -0.25) is 4.68 Å². The van der Waals surface area contributed by atoms with Crippen LogP contribution in [-0.4, -0.2) is 14.9 Å². The van der Waals surface area contributed by atoms with Crippen molar-refractivity contribution in [3.63, 3.8) is 0 Å². The second-order valence-corrected chi connectivity index (χ2v) is 4.32. The van der Waals surface area contributed by atoms with Crippen molar-refractivity contribution in [2.24, 2.45) is 0 Å². The minimum atomic E-state index is 0.448. The van der Waals surface area contributed by atoms with Crippen molar-refractivity contribution >= 4 is 0 Å². The number of nitrogens with zero attached hydrogens (tertiary/aromatic N) is 2. The van der Waals surface area contributed by atoms with Crippen molar-refractivity contribution in [2.45, 2.75) is 65.8 Å². The topological polar surface area (TPSA) is 38.0 Å². The number of hydrogen-bond acceptors (Lipinski definition) is 2. The molecule has 3 nitrogen and oxygen atoms in total. The Hall–Kier alpha value is -0.990. The normalized spacial score (nSPS) is 10.9. The van der Waals surface area contributed by atoms with Crippen LogP contribution < -0.4 is 0 Å².